The smallest absolute Gasteiger partial charge is 0.259 e. The molecule has 24 heavy (non-hydrogen) atoms. The molecule has 2 N–H and O–H groups in total. The number of nitrogens with zero attached hydrogens (tertiary/aromatic N) is 1. The minimum Gasteiger partial charge on any atom is -0.490 e. The van der Waals surface area contributed by atoms with Crippen LogP contribution in [0.2, 0.25) is 0 Å². The number of carbonyl (C=O) groups excluding carboxylic acids is 1. The number of aliphatic hydroxyl groups is 1. The molecule has 0 aliphatic rings. The highest BCUT2D eigenvalue weighted by molar-refractivity contribution is 14.1. The number of nitrogens with one attached hydrogen (secondary N) is 1. The minimum atomic E-state index is -1.78. The van der Waals surface area contributed by atoms with Crippen molar-refractivity contribution in [2.75, 3.05) is 11.9 Å². The maximum Gasteiger partial charge on any atom is 0.259 e. The van der Waals surface area contributed by atoms with E-state index >= 15 is 0 Å². The van der Waals surface area contributed by atoms with Gasteiger partial charge in [0.25, 0.3) is 5.91 Å². The summed E-state index contributed by atoms with van der Waals surface area (Å²) in [5.41, 5.74) is -0.822. The number of hydrogen-bond donors (Lipinski definition) is 2. The highest BCUT2D eigenvalue weighted by Gasteiger charge is 2.31. The van der Waals surface area contributed by atoms with Crippen molar-refractivity contribution in [2.24, 2.45) is 0 Å². The Morgan fingerprint density at radius 2 is 2.04 bits per heavy atom. The molecule has 0 bridgehead atoms. The summed E-state index contributed by atoms with van der Waals surface area (Å²) < 4.78 is 18.9. The molecule has 0 unspecified atom stereocenters. The Hall–Kier alpha value is -2.18. The van der Waals surface area contributed by atoms with Crippen LogP contribution in [-0.2, 0) is 4.79 Å². The van der Waals surface area contributed by atoms with Crippen LogP contribution in [0.25, 0.3) is 4.85 Å². The van der Waals surface area contributed by atoms with Crippen LogP contribution >= 0.6 is 22.6 Å². The number of ether oxygens (including phenoxy) is 1. The Kier molecular flexibility index (Phi) is 5.75. The van der Waals surface area contributed by atoms with Crippen LogP contribution < -0.4 is 10.1 Å². The van der Waals surface area contributed by atoms with Gasteiger partial charge in [-0.05, 0) is 43.3 Å². The van der Waals surface area contributed by atoms with E-state index in [2.05, 4.69) is 10.2 Å². The lowest BCUT2D eigenvalue weighted by molar-refractivity contribution is -0.135. The van der Waals surface area contributed by atoms with E-state index in [1.165, 1.54) is 31.2 Å². The fourth-order valence-corrected chi connectivity index (χ4v) is 2.40. The standard InChI is InChI=1S/C17H14FIN2O3/c1-17(23,10-24-13-6-3-11(18)4-7-13)16(22)21-12-5-8-15(20-2)14(19)9-12/h3-9,23H,10H2,1H3,(H,21,22)/t17-/m0/s1. The lowest BCUT2D eigenvalue weighted by atomic mass is 10.1. The average Bonchev–Trinajstić information content (AvgIpc) is 2.54. The van der Waals surface area contributed by atoms with Gasteiger partial charge in [0.05, 0.1) is 6.57 Å². The molecule has 0 aliphatic carbocycles. The minimum absolute atomic E-state index is 0.290. The molecule has 0 radical (unpaired) electrons. The van der Waals surface area contributed by atoms with Crippen molar-refractivity contribution in [1.29, 1.82) is 0 Å². The largest absolute Gasteiger partial charge is 0.490 e. The van der Waals surface area contributed by atoms with Crippen LogP contribution in [0.5, 0.6) is 5.75 Å². The second kappa shape index (κ2) is 7.59. The highest BCUT2D eigenvalue weighted by Crippen LogP contribution is 2.25. The normalized spacial score (nSPS) is 12.8. The van der Waals surface area contributed by atoms with Gasteiger partial charge in [-0.25, -0.2) is 9.24 Å². The monoisotopic (exact) mass is 440 g/mol. The summed E-state index contributed by atoms with van der Waals surface area (Å²) >= 11 is 2.00. The molecular weight excluding hydrogens is 426 g/mol. The van der Waals surface area contributed by atoms with Crippen molar-refractivity contribution in [3.63, 3.8) is 0 Å². The molecular formula is C17H14FIN2O3. The number of carbonyl (C=O) groups is 1. The lowest BCUT2D eigenvalue weighted by Crippen LogP contribution is -2.45. The topological polar surface area (TPSA) is 62.9 Å². The van der Waals surface area contributed by atoms with Gasteiger partial charge in [0, 0.05) is 9.26 Å². The van der Waals surface area contributed by atoms with Crippen LogP contribution in [0.4, 0.5) is 15.8 Å². The number of rotatable bonds is 5. The van der Waals surface area contributed by atoms with Gasteiger partial charge >= 0.3 is 0 Å². The summed E-state index contributed by atoms with van der Waals surface area (Å²) in [4.78, 5) is 15.6. The van der Waals surface area contributed by atoms with Crippen molar-refractivity contribution in [3.05, 3.63) is 63.3 Å². The Labute approximate surface area is 152 Å². The van der Waals surface area contributed by atoms with Gasteiger partial charge in [-0.1, -0.05) is 28.7 Å². The summed E-state index contributed by atoms with van der Waals surface area (Å²) in [6, 6.07) is 10.1. The summed E-state index contributed by atoms with van der Waals surface area (Å²) in [6.45, 7) is 8.03. The number of anilines is 1. The zero-order chi connectivity index (χ0) is 17.7. The van der Waals surface area contributed by atoms with Crippen molar-refractivity contribution >= 4 is 39.9 Å². The SMILES string of the molecule is [C-]#[N+]c1ccc(NC(=O)[C@@](C)(O)COc2ccc(F)cc2)cc1I. The van der Waals surface area contributed by atoms with Crippen LogP contribution in [-0.4, -0.2) is 23.2 Å². The number of hydrogen-bond acceptors (Lipinski definition) is 3. The van der Waals surface area contributed by atoms with E-state index in [-0.39, 0.29) is 6.61 Å². The number of halogens is 2. The van der Waals surface area contributed by atoms with Crippen molar-refractivity contribution in [1.82, 2.24) is 0 Å². The van der Waals surface area contributed by atoms with Gasteiger partial charge in [0.15, 0.2) is 11.3 Å². The van der Waals surface area contributed by atoms with Gasteiger partial charge in [-0.2, -0.15) is 0 Å². The molecule has 124 valence electrons. The first-order chi connectivity index (χ1) is 11.3. The van der Waals surface area contributed by atoms with E-state index in [4.69, 9.17) is 11.3 Å². The summed E-state index contributed by atoms with van der Waals surface area (Å²) in [5.74, 6) is -0.694. The second-order valence-electron chi connectivity index (χ2n) is 5.25. The van der Waals surface area contributed by atoms with E-state index < -0.39 is 17.3 Å². The highest BCUT2D eigenvalue weighted by atomic mass is 127. The van der Waals surface area contributed by atoms with Gasteiger partial charge < -0.3 is 15.2 Å². The zero-order valence-corrected chi connectivity index (χ0v) is 14.9. The molecule has 2 aromatic carbocycles. The fraction of sp³-hybridized carbons (Fsp3) is 0.176. The molecule has 0 aliphatic heterocycles. The molecule has 1 amide bonds. The summed E-state index contributed by atoms with van der Waals surface area (Å²) in [5, 5.41) is 12.9. The predicted molar refractivity (Wildman–Crippen MR) is 96.6 cm³/mol. The Bertz CT molecular complexity index is 785. The van der Waals surface area contributed by atoms with E-state index in [0.717, 1.165) is 0 Å². The molecule has 1 atom stereocenters. The molecule has 0 heterocycles. The molecule has 5 nitrogen and oxygen atoms in total. The summed E-state index contributed by atoms with van der Waals surface area (Å²) in [6.07, 6.45) is 0. The first kappa shape index (κ1) is 18.2. The third-order valence-electron chi connectivity index (χ3n) is 3.15. The van der Waals surface area contributed by atoms with Crippen LogP contribution in [0.1, 0.15) is 6.92 Å². The van der Waals surface area contributed by atoms with Crippen LogP contribution in [0.15, 0.2) is 42.5 Å². The average molecular weight is 440 g/mol. The second-order valence-corrected chi connectivity index (χ2v) is 6.41. The Balaban J connectivity index is 2.00. The molecule has 2 rings (SSSR count). The molecule has 0 spiro atoms. The van der Waals surface area contributed by atoms with E-state index in [1.807, 2.05) is 22.6 Å². The van der Waals surface area contributed by atoms with Gasteiger partial charge in [0.1, 0.15) is 18.2 Å². The van der Waals surface area contributed by atoms with Gasteiger partial charge in [-0.3, -0.25) is 4.79 Å². The van der Waals surface area contributed by atoms with Gasteiger partial charge in [0.2, 0.25) is 0 Å². The van der Waals surface area contributed by atoms with Gasteiger partial charge in [-0.15, -0.1) is 0 Å². The molecule has 0 saturated heterocycles. The van der Waals surface area contributed by atoms with E-state index in [1.54, 1.807) is 18.2 Å². The maximum absolute atomic E-state index is 12.8. The van der Waals surface area contributed by atoms with E-state index in [9.17, 15) is 14.3 Å². The molecule has 0 fully saturated rings. The first-order valence-corrected chi connectivity index (χ1v) is 7.99. The molecule has 2 aromatic rings. The van der Waals surface area contributed by atoms with Crippen molar-refractivity contribution in [2.45, 2.75) is 12.5 Å². The third kappa shape index (κ3) is 4.66. The maximum atomic E-state index is 12.8. The first-order valence-electron chi connectivity index (χ1n) is 6.91. The van der Waals surface area contributed by atoms with Crippen LogP contribution in [0, 0.1) is 16.0 Å². The lowest BCUT2D eigenvalue weighted by Gasteiger charge is -2.22. The summed E-state index contributed by atoms with van der Waals surface area (Å²) in [7, 11) is 0. The quantitative estimate of drug-likeness (QED) is 0.550. The predicted octanol–water partition coefficient (Wildman–Crippen LogP) is 3.75. The van der Waals surface area contributed by atoms with E-state index in [0.29, 0.717) is 20.7 Å². The van der Waals surface area contributed by atoms with Crippen molar-refractivity contribution in [3.8, 4) is 5.75 Å². The fourth-order valence-electron chi connectivity index (χ4n) is 1.76. The Morgan fingerprint density at radius 3 is 2.62 bits per heavy atom. The third-order valence-corrected chi connectivity index (χ3v) is 4.01. The molecule has 0 aromatic heterocycles. The number of amides is 1. The zero-order valence-electron chi connectivity index (χ0n) is 12.7. The Morgan fingerprint density at radius 1 is 1.38 bits per heavy atom. The van der Waals surface area contributed by atoms with Crippen molar-refractivity contribution < 1.29 is 19.0 Å². The van der Waals surface area contributed by atoms with Crippen LogP contribution in [0.3, 0.4) is 0 Å². The molecule has 0 saturated carbocycles. The number of benzene rings is 2. The molecule has 7 heteroatoms.